The van der Waals surface area contributed by atoms with E-state index in [1.54, 1.807) is 0 Å². The predicted octanol–water partition coefficient (Wildman–Crippen LogP) is 4.10. The fourth-order valence-corrected chi connectivity index (χ4v) is 2.76. The van der Waals surface area contributed by atoms with Crippen molar-refractivity contribution in [3.8, 4) is 5.75 Å². The normalized spacial score (nSPS) is 18.8. The predicted molar refractivity (Wildman–Crippen MR) is 85.5 cm³/mol. The number of aryl methyl sites for hydroxylation is 1. The third-order valence-electron chi connectivity index (χ3n) is 3.83. The third kappa shape index (κ3) is 4.24. The van der Waals surface area contributed by atoms with Gasteiger partial charge in [-0.25, -0.2) is 0 Å². The Labute approximate surface area is 123 Å². The molecule has 20 heavy (non-hydrogen) atoms. The highest BCUT2D eigenvalue weighted by molar-refractivity contribution is 5.40. The maximum absolute atomic E-state index is 6.10. The molecule has 0 radical (unpaired) electrons. The zero-order valence-electron chi connectivity index (χ0n) is 13.8. The SMILES string of the molecule is Cc1ccc2c(c1)CC(CC(C)(C)CNC(C)(C)C)O2. The molecule has 0 aromatic heterocycles. The van der Waals surface area contributed by atoms with E-state index in [2.05, 4.69) is 65.1 Å². The highest BCUT2D eigenvalue weighted by atomic mass is 16.5. The van der Waals surface area contributed by atoms with E-state index in [0.717, 1.165) is 25.1 Å². The Hall–Kier alpha value is -1.02. The van der Waals surface area contributed by atoms with Gasteiger partial charge in [0.05, 0.1) is 0 Å². The van der Waals surface area contributed by atoms with E-state index in [0.29, 0.717) is 6.10 Å². The van der Waals surface area contributed by atoms with Crippen molar-refractivity contribution in [2.75, 3.05) is 6.54 Å². The molecule has 0 aliphatic carbocycles. The summed E-state index contributed by atoms with van der Waals surface area (Å²) in [6, 6.07) is 6.51. The Morgan fingerprint density at radius 3 is 2.55 bits per heavy atom. The van der Waals surface area contributed by atoms with Crippen LogP contribution in [0.2, 0.25) is 0 Å². The topological polar surface area (TPSA) is 21.3 Å². The number of nitrogens with one attached hydrogen (secondary N) is 1. The number of fused-ring (bicyclic) bond motifs is 1. The summed E-state index contributed by atoms with van der Waals surface area (Å²) in [5, 5.41) is 3.61. The van der Waals surface area contributed by atoms with Crippen molar-refractivity contribution in [2.24, 2.45) is 5.41 Å². The first-order valence-electron chi connectivity index (χ1n) is 7.66. The summed E-state index contributed by atoms with van der Waals surface area (Å²) in [4.78, 5) is 0. The van der Waals surface area contributed by atoms with Crippen LogP contribution in [0, 0.1) is 12.3 Å². The van der Waals surface area contributed by atoms with Gasteiger partial charge in [0.25, 0.3) is 0 Å². The average molecular weight is 275 g/mol. The maximum atomic E-state index is 6.10. The average Bonchev–Trinajstić information content (AvgIpc) is 2.66. The van der Waals surface area contributed by atoms with Crippen molar-refractivity contribution in [3.63, 3.8) is 0 Å². The molecule has 0 bridgehead atoms. The van der Waals surface area contributed by atoms with Crippen LogP contribution in [0.4, 0.5) is 0 Å². The zero-order valence-corrected chi connectivity index (χ0v) is 13.8. The summed E-state index contributed by atoms with van der Waals surface area (Å²) in [5.74, 6) is 1.08. The first-order valence-corrected chi connectivity index (χ1v) is 7.66. The third-order valence-corrected chi connectivity index (χ3v) is 3.83. The second-order valence-electron chi connectivity index (χ2n) is 8.03. The summed E-state index contributed by atoms with van der Waals surface area (Å²) in [6.45, 7) is 14.5. The molecule has 112 valence electrons. The van der Waals surface area contributed by atoms with Crippen LogP contribution in [0.3, 0.4) is 0 Å². The van der Waals surface area contributed by atoms with Crippen molar-refractivity contribution in [3.05, 3.63) is 29.3 Å². The quantitative estimate of drug-likeness (QED) is 0.893. The van der Waals surface area contributed by atoms with Crippen LogP contribution < -0.4 is 10.1 Å². The highest BCUT2D eigenvalue weighted by Crippen LogP contribution is 2.34. The molecule has 1 atom stereocenters. The molecule has 1 heterocycles. The number of hydrogen-bond donors (Lipinski definition) is 1. The maximum Gasteiger partial charge on any atom is 0.123 e. The molecule has 1 aliphatic heterocycles. The Kier molecular flexibility index (Phi) is 4.15. The van der Waals surface area contributed by atoms with Crippen molar-refractivity contribution < 1.29 is 4.74 Å². The van der Waals surface area contributed by atoms with Gasteiger partial charge in [-0.2, -0.15) is 0 Å². The van der Waals surface area contributed by atoms with Gasteiger partial charge in [-0.05, 0) is 51.2 Å². The molecule has 1 unspecified atom stereocenters. The fraction of sp³-hybridized carbons (Fsp3) is 0.667. The number of ether oxygens (including phenoxy) is 1. The molecule has 0 spiro atoms. The van der Waals surface area contributed by atoms with Gasteiger partial charge in [-0.15, -0.1) is 0 Å². The fourth-order valence-electron chi connectivity index (χ4n) is 2.76. The second kappa shape index (κ2) is 5.40. The van der Waals surface area contributed by atoms with Gasteiger partial charge in [0.2, 0.25) is 0 Å². The minimum absolute atomic E-state index is 0.174. The molecule has 1 N–H and O–H groups in total. The first-order chi connectivity index (χ1) is 9.15. The van der Waals surface area contributed by atoms with Gasteiger partial charge < -0.3 is 10.1 Å². The van der Waals surface area contributed by atoms with Crippen molar-refractivity contribution in [1.29, 1.82) is 0 Å². The van der Waals surface area contributed by atoms with Crippen molar-refractivity contribution in [2.45, 2.75) is 66.0 Å². The van der Waals surface area contributed by atoms with Gasteiger partial charge in [0, 0.05) is 18.5 Å². The standard InChI is InChI=1S/C18H29NO/c1-13-7-8-16-14(9-13)10-15(20-16)11-18(5,6)12-19-17(2,3)4/h7-9,15,19H,10-12H2,1-6H3. The monoisotopic (exact) mass is 275 g/mol. The Morgan fingerprint density at radius 2 is 1.90 bits per heavy atom. The largest absolute Gasteiger partial charge is 0.490 e. The lowest BCUT2D eigenvalue weighted by molar-refractivity contribution is 0.148. The van der Waals surface area contributed by atoms with Crippen LogP contribution in [0.5, 0.6) is 5.75 Å². The summed E-state index contributed by atoms with van der Waals surface area (Å²) in [5.41, 5.74) is 3.11. The zero-order chi connectivity index (χ0) is 15.0. The number of rotatable bonds is 4. The van der Waals surface area contributed by atoms with Gasteiger partial charge in [0.1, 0.15) is 11.9 Å². The number of hydrogen-bond acceptors (Lipinski definition) is 2. The molecular formula is C18H29NO. The van der Waals surface area contributed by atoms with E-state index < -0.39 is 0 Å². The van der Waals surface area contributed by atoms with E-state index in [9.17, 15) is 0 Å². The summed E-state index contributed by atoms with van der Waals surface area (Å²) >= 11 is 0. The summed E-state index contributed by atoms with van der Waals surface area (Å²) in [6.07, 6.45) is 2.46. The van der Waals surface area contributed by atoms with Crippen LogP contribution in [-0.4, -0.2) is 18.2 Å². The lowest BCUT2D eigenvalue weighted by Gasteiger charge is -2.32. The molecule has 1 aliphatic rings. The minimum atomic E-state index is 0.174. The van der Waals surface area contributed by atoms with E-state index in [-0.39, 0.29) is 11.0 Å². The lowest BCUT2D eigenvalue weighted by atomic mass is 9.84. The molecule has 0 saturated carbocycles. The second-order valence-corrected chi connectivity index (χ2v) is 8.03. The molecule has 0 saturated heterocycles. The van der Waals surface area contributed by atoms with Gasteiger partial charge in [0.15, 0.2) is 0 Å². The van der Waals surface area contributed by atoms with Gasteiger partial charge in [-0.1, -0.05) is 31.5 Å². The van der Waals surface area contributed by atoms with Gasteiger partial charge in [-0.3, -0.25) is 0 Å². The van der Waals surface area contributed by atoms with Crippen LogP contribution >= 0.6 is 0 Å². The highest BCUT2D eigenvalue weighted by Gasteiger charge is 2.30. The van der Waals surface area contributed by atoms with Gasteiger partial charge >= 0.3 is 0 Å². The first kappa shape index (κ1) is 15.4. The van der Waals surface area contributed by atoms with Crippen LogP contribution in [0.1, 0.15) is 52.2 Å². The van der Waals surface area contributed by atoms with Crippen molar-refractivity contribution >= 4 is 0 Å². The molecule has 1 aromatic carbocycles. The molecule has 0 fully saturated rings. The molecule has 2 rings (SSSR count). The number of benzene rings is 1. The van der Waals surface area contributed by atoms with E-state index in [1.165, 1.54) is 11.1 Å². The van der Waals surface area contributed by atoms with Crippen LogP contribution in [0.25, 0.3) is 0 Å². The Bertz CT molecular complexity index is 471. The summed E-state index contributed by atoms with van der Waals surface area (Å²) in [7, 11) is 0. The van der Waals surface area contributed by atoms with E-state index in [1.807, 2.05) is 0 Å². The smallest absolute Gasteiger partial charge is 0.123 e. The van der Waals surface area contributed by atoms with Crippen LogP contribution in [0.15, 0.2) is 18.2 Å². The van der Waals surface area contributed by atoms with Crippen molar-refractivity contribution in [1.82, 2.24) is 5.32 Å². The molecule has 2 heteroatoms. The van der Waals surface area contributed by atoms with E-state index >= 15 is 0 Å². The Morgan fingerprint density at radius 1 is 1.20 bits per heavy atom. The Balaban J connectivity index is 1.92. The molecule has 2 nitrogen and oxygen atoms in total. The molecule has 0 amide bonds. The molecular weight excluding hydrogens is 246 g/mol. The van der Waals surface area contributed by atoms with E-state index in [4.69, 9.17) is 4.74 Å². The lowest BCUT2D eigenvalue weighted by Crippen LogP contribution is -2.43. The summed E-state index contributed by atoms with van der Waals surface area (Å²) < 4.78 is 6.10. The minimum Gasteiger partial charge on any atom is -0.490 e. The molecule has 1 aromatic rings. The van der Waals surface area contributed by atoms with Crippen LogP contribution in [-0.2, 0) is 6.42 Å².